The molecule has 0 bridgehead atoms. The minimum absolute atomic E-state index is 0.144. The van der Waals surface area contributed by atoms with Crippen LogP contribution in [0.3, 0.4) is 0 Å². The zero-order valence-electron chi connectivity index (χ0n) is 17.6. The van der Waals surface area contributed by atoms with E-state index in [1.165, 1.54) is 17.3 Å². The number of nitrogens with zero attached hydrogens (tertiary/aromatic N) is 3. The third-order valence-corrected chi connectivity index (χ3v) is 5.61. The van der Waals surface area contributed by atoms with Crippen molar-refractivity contribution in [2.24, 2.45) is 7.05 Å². The lowest BCUT2D eigenvalue weighted by molar-refractivity contribution is -0.113. The highest BCUT2D eigenvalue weighted by Crippen LogP contribution is 2.26. The van der Waals surface area contributed by atoms with Crippen LogP contribution in [0.1, 0.15) is 31.3 Å². The van der Waals surface area contributed by atoms with Crippen LogP contribution in [-0.4, -0.2) is 33.5 Å². The number of benzene rings is 2. The molecule has 0 saturated carbocycles. The topological polar surface area (TPSA) is 78.3 Å². The second-order valence-electron chi connectivity index (χ2n) is 6.69. The summed E-state index contributed by atoms with van der Waals surface area (Å²) >= 11 is 1.32. The van der Waals surface area contributed by atoms with Crippen molar-refractivity contribution in [3.05, 3.63) is 59.9 Å². The van der Waals surface area contributed by atoms with Gasteiger partial charge in [0.25, 0.3) is 0 Å². The average molecular weight is 427 g/mol. The van der Waals surface area contributed by atoms with E-state index in [2.05, 4.69) is 34.6 Å². The Morgan fingerprint density at radius 1 is 1.17 bits per heavy atom. The maximum Gasteiger partial charge on any atom is 0.234 e. The Hall–Kier alpha value is -3.00. The Kier molecular flexibility index (Phi) is 7.35. The number of amides is 1. The van der Waals surface area contributed by atoms with Crippen LogP contribution in [0.4, 0.5) is 5.69 Å². The number of nitrogens with one attached hydrogen (secondary N) is 1. The lowest BCUT2D eigenvalue weighted by Gasteiger charge is -2.14. The molecule has 0 aliphatic carbocycles. The minimum atomic E-state index is -0.272. The quantitative estimate of drug-likeness (QED) is 0.515. The maximum atomic E-state index is 12.3. The van der Waals surface area contributed by atoms with Gasteiger partial charge in [0.2, 0.25) is 5.91 Å². The van der Waals surface area contributed by atoms with Gasteiger partial charge in [-0.1, -0.05) is 43.0 Å². The lowest BCUT2D eigenvalue weighted by atomic mass is 10.2. The van der Waals surface area contributed by atoms with Gasteiger partial charge in [0.15, 0.2) is 17.1 Å². The van der Waals surface area contributed by atoms with Crippen LogP contribution in [0.15, 0.2) is 53.7 Å². The molecule has 7 nitrogen and oxygen atoms in total. The molecule has 30 heavy (non-hydrogen) atoms. The smallest absolute Gasteiger partial charge is 0.234 e. The highest BCUT2D eigenvalue weighted by atomic mass is 32.2. The molecule has 0 aliphatic heterocycles. The largest absolute Gasteiger partial charge is 0.495 e. The van der Waals surface area contributed by atoms with Gasteiger partial charge < -0.3 is 19.4 Å². The van der Waals surface area contributed by atoms with Crippen molar-refractivity contribution in [3.63, 3.8) is 0 Å². The first-order chi connectivity index (χ1) is 14.5. The first kappa shape index (κ1) is 21.7. The Labute approximate surface area is 180 Å². The number of thioether (sulfide) groups is 1. The average Bonchev–Trinajstić information content (AvgIpc) is 3.13. The third-order valence-electron chi connectivity index (χ3n) is 4.59. The molecule has 1 aromatic heterocycles. The number of carbonyl (C=O) groups excluding carboxylic acids is 1. The summed E-state index contributed by atoms with van der Waals surface area (Å²) in [6.45, 7) is 4.05. The summed E-state index contributed by atoms with van der Waals surface area (Å²) in [5.41, 5.74) is 1.90. The number of anilines is 1. The van der Waals surface area contributed by atoms with E-state index in [-0.39, 0.29) is 17.8 Å². The molecule has 8 heteroatoms. The van der Waals surface area contributed by atoms with Crippen molar-refractivity contribution in [2.45, 2.75) is 31.5 Å². The van der Waals surface area contributed by atoms with Crippen LogP contribution in [0.2, 0.25) is 0 Å². The molecule has 0 spiro atoms. The fraction of sp³-hybridized carbons (Fsp3) is 0.318. The number of aryl methyl sites for hydroxylation is 1. The monoisotopic (exact) mass is 426 g/mol. The summed E-state index contributed by atoms with van der Waals surface area (Å²) in [7, 11) is 3.44. The molecular formula is C22H26N4O3S. The zero-order chi connectivity index (χ0) is 21.5. The standard InChI is InChI=1S/C22H26N4O3S/c1-5-16-10-12-17(13-11-16)29-15(2)21-24-25-22(26(21)3)30-14-20(27)23-18-8-6-7-9-19(18)28-4/h6-13,15H,5,14H2,1-4H3,(H,23,27)/t15-/m0/s1. The molecule has 0 radical (unpaired) electrons. The first-order valence-corrected chi connectivity index (χ1v) is 10.7. The predicted octanol–water partition coefficient (Wildman–Crippen LogP) is 4.26. The summed E-state index contributed by atoms with van der Waals surface area (Å²) in [6, 6.07) is 15.3. The Balaban J connectivity index is 1.58. The minimum Gasteiger partial charge on any atom is -0.495 e. The van der Waals surface area contributed by atoms with Crippen LogP contribution >= 0.6 is 11.8 Å². The van der Waals surface area contributed by atoms with E-state index in [0.717, 1.165) is 12.2 Å². The van der Waals surface area contributed by atoms with E-state index in [1.54, 1.807) is 19.2 Å². The van der Waals surface area contributed by atoms with Crippen LogP contribution in [0.25, 0.3) is 0 Å². The molecule has 2 aromatic carbocycles. The van der Waals surface area contributed by atoms with Gasteiger partial charge in [0.05, 0.1) is 18.6 Å². The van der Waals surface area contributed by atoms with Gasteiger partial charge in [0, 0.05) is 7.05 Å². The highest BCUT2D eigenvalue weighted by Gasteiger charge is 2.18. The molecule has 158 valence electrons. The fourth-order valence-corrected chi connectivity index (χ4v) is 3.65. The molecule has 0 aliphatic rings. The molecule has 1 atom stereocenters. The zero-order valence-corrected chi connectivity index (χ0v) is 18.4. The normalized spacial score (nSPS) is 11.7. The Morgan fingerprint density at radius 2 is 1.90 bits per heavy atom. The van der Waals surface area contributed by atoms with Gasteiger partial charge in [-0.25, -0.2) is 0 Å². The number of carbonyl (C=O) groups is 1. The molecule has 1 N–H and O–H groups in total. The van der Waals surface area contributed by atoms with Crippen molar-refractivity contribution in [2.75, 3.05) is 18.2 Å². The molecule has 0 unspecified atom stereocenters. The molecule has 3 rings (SSSR count). The molecular weight excluding hydrogens is 400 g/mol. The number of rotatable bonds is 9. The van der Waals surface area contributed by atoms with Crippen molar-refractivity contribution >= 4 is 23.4 Å². The van der Waals surface area contributed by atoms with Gasteiger partial charge in [-0.05, 0) is 43.2 Å². The molecule has 3 aromatic rings. The van der Waals surface area contributed by atoms with Gasteiger partial charge in [0.1, 0.15) is 11.5 Å². The highest BCUT2D eigenvalue weighted by molar-refractivity contribution is 7.99. The summed E-state index contributed by atoms with van der Waals surface area (Å²) in [5, 5.41) is 12.0. The van der Waals surface area contributed by atoms with Crippen LogP contribution in [0.5, 0.6) is 11.5 Å². The van der Waals surface area contributed by atoms with E-state index in [1.807, 2.05) is 42.8 Å². The SMILES string of the molecule is CCc1ccc(O[C@@H](C)c2nnc(SCC(=O)Nc3ccccc3OC)n2C)cc1. The molecule has 1 heterocycles. The van der Waals surface area contributed by atoms with E-state index in [0.29, 0.717) is 22.4 Å². The maximum absolute atomic E-state index is 12.3. The number of hydrogen-bond acceptors (Lipinski definition) is 6. The molecule has 0 saturated heterocycles. The van der Waals surface area contributed by atoms with E-state index >= 15 is 0 Å². The van der Waals surface area contributed by atoms with Crippen LogP contribution in [0, 0.1) is 0 Å². The van der Waals surface area contributed by atoms with Crippen molar-refractivity contribution in [1.29, 1.82) is 0 Å². The summed E-state index contributed by atoms with van der Waals surface area (Å²) in [5.74, 6) is 2.16. The summed E-state index contributed by atoms with van der Waals surface area (Å²) in [4.78, 5) is 12.3. The van der Waals surface area contributed by atoms with Gasteiger partial charge in [-0.2, -0.15) is 0 Å². The van der Waals surface area contributed by atoms with Gasteiger partial charge in [-0.3, -0.25) is 4.79 Å². The number of aromatic nitrogens is 3. The number of methoxy groups -OCH3 is 1. The predicted molar refractivity (Wildman–Crippen MR) is 118 cm³/mol. The second-order valence-corrected chi connectivity index (χ2v) is 7.64. The van der Waals surface area contributed by atoms with Gasteiger partial charge >= 0.3 is 0 Å². The third kappa shape index (κ3) is 5.33. The van der Waals surface area contributed by atoms with E-state index in [4.69, 9.17) is 9.47 Å². The Morgan fingerprint density at radius 3 is 2.60 bits per heavy atom. The van der Waals surface area contributed by atoms with E-state index < -0.39 is 0 Å². The van der Waals surface area contributed by atoms with Crippen LogP contribution in [-0.2, 0) is 18.3 Å². The second kappa shape index (κ2) is 10.2. The fourth-order valence-electron chi connectivity index (χ4n) is 2.93. The lowest BCUT2D eigenvalue weighted by Crippen LogP contribution is -2.15. The molecule has 0 fully saturated rings. The van der Waals surface area contributed by atoms with E-state index in [9.17, 15) is 4.79 Å². The van der Waals surface area contributed by atoms with Crippen molar-refractivity contribution in [3.8, 4) is 11.5 Å². The summed E-state index contributed by atoms with van der Waals surface area (Å²) in [6.07, 6.45) is 0.719. The molecule has 1 amide bonds. The Bertz CT molecular complexity index is 988. The van der Waals surface area contributed by atoms with Crippen molar-refractivity contribution < 1.29 is 14.3 Å². The summed E-state index contributed by atoms with van der Waals surface area (Å²) < 4.78 is 13.1. The van der Waals surface area contributed by atoms with Gasteiger partial charge in [-0.15, -0.1) is 10.2 Å². The number of hydrogen-bond donors (Lipinski definition) is 1. The number of ether oxygens (including phenoxy) is 2. The number of para-hydroxylation sites is 2. The first-order valence-electron chi connectivity index (χ1n) is 9.72. The van der Waals surface area contributed by atoms with Crippen molar-refractivity contribution in [1.82, 2.24) is 14.8 Å². The van der Waals surface area contributed by atoms with Crippen LogP contribution < -0.4 is 14.8 Å².